The number of benzene rings is 1. The molecular formula is C21H30ClN3O5S. The van der Waals surface area contributed by atoms with Crippen LogP contribution in [0.2, 0.25) is 5.02 Å². The molecule has 2 saturated heterocycles. The first-order valence-electron chi connectivity index (χ1n) is 10.7. The molecule has 2 amide bonds. The summed E-state index contributed by atoms with van der Waals surface area (Å²) < 4.78 is 33.4. The summed E-state index contributed by atoms with van der Waals surface area (Å²) in [6.07, 6.45) is 2.89. The van der Waals surface area contributed by atoms with Gasteiger partial charge in [0.25, 0.3) is 5.91 Å². The summed E-state index contributed by atoms with van der Waals surface area (Å²) in [4.78, 5) is 26.5. The Morgan fingerprint density at radius 2 is 1.94 bits per heavy atom. The second-order valence-electron chi connectivity index (χ2n) is 8.36. The molecule has 172 valence electrons. The number of amides is 2. The molecule has 2 N–H and O–H groups in total. The fourth-order valence-corrected chi connectivity index (χ4v) is 5.40. The number of nitrogens with zero attached hydrogens (tertiary/aromatic N) is 1. The molecule has 0 aromatic heterocycles. The van der Waals surface area contributed by atoms with Gasteiger partial charge in [-0.05, 0) is 43.9 Å². The van der Waals surface area contributed by atoms with Gasteiger partial charge in [-0.1, -0.05) is 25.4 Å². The van der Waals surface area contributed by atoms with E-state index in [4.69, 9.17) is 16.3 Å². The lowest BCUT2D eigenvalue weighted by Gasteiger charge is -2.33. The van der Waals surface area contributed by atoms with Crippen molar-refractivity contribution in [2.45, 2.75) is 56.6 Å². The second kappa shape index (κ2) is 10.3. The van der Waals surface area contributed by atoms with Gasteiger partial charge >= 0.3 is 0 Å². The predicted molar refractivity (Wildman–Crippen MR) is 118 cm³/mol. The molecule has 10 heteroatoms. The highest BCUT2D eigenvalue weighted by Gasteiger charge is 2.27. The van der Waals surface area contributed by atoms with Crippen molar-refractivity contribution in [1.29, 1.82) is 0 Å². The molecule has 2 aliphatic heterocycles. The number of ether oxygens (including phenoxy) is 1. The average Bonchev–Trinajstić information content (AvgIpc) is 3.26. The molecule has 1 aromatic rings. The zero-order valence-corrected chi connectivity index (χ0v) is 19.5. The van der Waals surface area contributed by atoms with Crippen LogP contribution in [0, 0.1) is 5.92 Å². The number of carbonyl (C=O) groups is 2. The van der Waals surface area contributed by atoms with Gasteiger partial charge in [0.1, 0.15) is 4.90 Å². The summed E-state index contributed by atoms with van der Waals surface area (Å²) >= 11 is 6.12. The minimum absolute atomic E-state index is 0.0468. The van der Waals surface area contributed by atoms with Gasteiger partial charge in [0.15, 0.2) is 0 Å². The van der Waals surface area contributed by atoms with E-state index in [9.17, 15) is 18.0 Å². The molecule has 0 radical (unpaired) electrons. The van der Waals surface area contributed by atoms with Gasteiger partial charge in [0, 0.05) is 43.8 Å². The van der Waals surface area contributed by atoms with Gasteiger partial charge < -0.3 is 15.0 Å². The zero-order valence-electron chi connectivity index (χ0n) is 17.9. The maximum atomic E-state index is 12.7. The number of hydrogen-bond acceptors (Lipinski definition) is 5. The van der Waals surface area contributed by atoms with Crippen LogP contribution >= 0.6 is 11.6 Å². The number of carbonyl (C=O) groups excluding carboxylic acids is 2. The molecule has 0 saturated carbocycles. The Labute approximate surface area is 188 Å². The summed E-state index contributed by atoms with van der Waals surface area (Å²) in [6, 6.07) is 4.15. The van der Waals surface area contributed by atoms with E-state index in [0.717, 1.165) is 12.8 Å². The van der Waals surface area contributed by atoms with Crippen molar-refractivity contribution in [1.82, 2.24) is 14.9 Å². The normalized spacial score (nSPS) is 20.3. The van der Waals surface area contributed by atoms with E-state index in [0.29, 0.717) is 32.5 Å². The Morgan fingerprint density at radius 3 is 2.55 bits per heavy atom. The zero-order chi connectivity index (χ0) is 22.6. The van der Waals surface area contributed by atoms with E-state index in [1.54, 1.807) is 0 Å². The van der Waals surface area contributed by atoms with Crippen LogP contribution in [0.5, 0.6) is 0 Å². The van der Waals surface area contributed by atoms with E-state index >= 15 is 0 Å². The Bertz CT molecular complexity index is 908. The van der Waals surface area contributed by atoms with Gasteiger partial charge in [-0.3, -0.25) is 9.59 Å². The molecule has 0 spiro atoms. The van der Waals surface area contributed by atoms with E-state index in [1.165, 1.54) is 18.2 Å². The highest BCUT2D eigenvalue weighted by molar-refractivity contribution is 7.89. The van der Waals surface area contributed by atoms with Crippen LogP contribution in [-0.2, 0) is 19.6 Å². The molecule has 0 aliphatic carbocycles. The molecule has 2 heterocycles. The number of rotatable bonds is 7. The van der Waals surface area contributed by atoms with Crippen molar-refractivity contribution in [3.05, 3.63) is 28.8 Å². The van der Waals surface area contributed by atoms with Crippen molar-refractivity contribution >= 4 is 33.4 Å². The third-order valence-electron chi connectivity index (χ3n) is 5.64. The fraction of sp³-hybridized carbons (Fsp3) is 0.619. The molecule has 0 bridgehead atoms. The number of sulfonamides is 1. The first-order chi connectivity index (χ1) is 14.7. The van der Waals surface area contributed by atoms with Crippen LogP contribution < -0.4 is 10.0 Å². The summed E-state index contributed by atoms with van der Waals surface area (Å²) in [6.45, 7) is 5.73. The van der Waals surface area contributed by atoms with Crippen LogP contribution in [-0.4, -0.2) is 63.5 Å². The number of halogens is 1. The third kappa shape index (κ3) is 6.19. The Kier molecular flexibility index (Phi) is 7.96. The van der Waals surface area contributed by atoms with Crippen LogP contribution in [0.3, 0.4) is 0 Å². The largest absolute Gasteiger partial charge is 0.377 e. The molecule has 1 unspecified atom stereocenters. The highest BCUT2D eigenvalue weighted by Crippen LogP contribution is 2.23. The van der Waals surface area contributed by atoms with Gasteiger partial charge in [-0.25, -0.2) is 13.1 Å². The van der Waals surface area contributed by atoms with Crippen LogP contribution in [0.4, 0.5) is 0 Å². The molecule has 31 heavy (non-hydrogen) atoms. The minimum atomic E-state index is -3.88. The molecular weight excluding hydrogens is 442 g/mol. The van der Waals surface area contributed by atoms with E-state index in [-0.39, 0.29) is 51.9 Å². The van der Waals surface area contributed by atoms with Gasteiger partial charge in [-0.2, -0.15) is 0 Å². The van der Waals surface area contributed by atoms with Crippen molar-refractivity contribution in [3.63, 3.8) is 0 Å². The molecule has 3 rings (SSSR count). The molecule has 2 fully saturated rings. The number of piperidine rings is 1. The summed E-state index contributed by atoms with van der Waals surface area (Å²) in [5.41, 5.74) is 0.225. The Morgan fingerprint density at radius 1 is 1.23 bits per heavy atom. The van der Waals surface area contributed by atoms with Crippen molar-refractivity contribution in [2.24, 2.45) is 5.92 Å². The minimum Gasteiger partial charge on any atom is -0.377 e. The number of hydrogen-bond donors (Lipinski definition) is 2. The van der Waals surface area contributed by atoms with Crippen molar-refractivity contribution < 1.29 is 22.7 Å². The number of likely N-dealkylation sites (tertiary alicyclic amines) is 1. The average molecular weight is 472 g/mol. The lowest BCUT2D eigenvalue weighted by molar-refractivity contribution is -0.135. The molecule has 1 atom stereocenters. The van der Waals surface area contributed by atoms with Gasteiger partial charge in [0.05, 0.1) is 11.1 Å². The van der Waals surface area contributed by atoms with Crippen molar-refractivity contribution in [2.75, 3.05) is 26.2 Å². The monoisotopic (exact) mass is 471 g/mol. The summed E-state index contributed by atoms with van der Waals surface area (Å²) in [5.74, 6) is -0.289. The van der Waals surface area contributed by atoms with Crippen molar-refractivity contribution in [3.8, 4) is 0 Å². The maximum Gasteiger partial charge on any atom is 0.251 e. The summed E-state index contributed by atoms with van der Waals surface area (Å²) in [5, 5.41) is 3.00. The maximum absolute atomic E-state index is 12.7. The molecule has 8 nitrogen and oxygen atoms in total. The van der Waals surface area contributed by atoms with Crippen LogP contribution in [0.1, 0.15) is 49.9 Å². The second-order valence-corrected chi connectivity index (χ2v) is 10.5. The molecule has 2 aliphatic rings. The highest BCUT2D eigenvalue weighted by atomic mass is 35.5. The van der Waals surface area contributed by atoms with Gasteiger partial charge in [0.2, 0.25) is 15.9 Å². The Balaban J connectivity index is 1.61. The van der Waals surface area contributed by atoms with E-state index in [2.05, 4.69) is 10.0 Å². The smallest absolute Gasteiger partial charge is 0.251 e. The first-order valence-corrected chi connectivity index (χ1v) is 12.5. The van der Waals surface area contributed by atoms with Crippen LogP contribution in [0.15, 0.2) is 23.1 Å². The SMILES string of the molecule is CC(C)C(=O)N1CCC(NC(=O)c2ccc(Cl)c(S(=O)(=O)NCC3CCCO3)c2)CC1. The molecule has 1 aromatic carbocycles. The summed E-state index contributed by atoms with van der Waals surface area (Å²) in [7, 11) is -3.88. The van der Waals surface area contributed by atoms with Gasteiger partial charge in [-0.15, -0.1) is 0 Å². The van der Waals surface area contributed by atoms with Crippen LogP contribution in [0.25, 0.3) is 0 Å². The predicted octanol–water partition coefficient (Wildman–Crippen LogP) is 2.17. The Hall–Kier alpha value is -1.68. The first kappa shape index (κ1) is 24.0. The van der Waals surface area contributed by atoms with E-state index in [1.807, 2.05) is 18.7 Å². The third-order valence-corrected chi connectivity index (χ3v) is 7.55. The quantitative estimate of drug-likeness (QED) is 0.634. The topological polar surface area (TPSA) is 105 Å². The van der Waals surface area contributed by atoms with E-state index < -0.39 is 10.0 Å². The lowest BCUT2D eigenvalue weighted by Crippen LogP contribution is -2.47. The standard InChI is InChI=1S/C21H30ClN3O5S/c1-14(2)21(27)25-9-7-16(8-10-25)24-20(26)15-5-6-18(22)19(12-15)31(28,29)23-13-17-4-3-11-30-17/h5-6,12,14,16-17,23H,3-4,7-11,13H2,1-2H3,(H,24,26). The lowest BCUT2D eigenvalue weighted by atomic mass is 10.0. The number of nitrogens with one attached hydrogen (secondary N) is 2. The fourth-order valence-electron chi connectivity index (χ4n) is 3.81.